The summed E-state index contributed by atoms with van der Waals surface area (Å²) in [7, 11) is 0. The predicted octanol–water partition coefficient (Wildman–Crippen LogP) is 2.29. The molecule has 1 saturated heterocycles. The van der Waals surface area contributed by atoms with Crippen LogP contribution in [0.2, 0.25) is 0 Å². The zero-order chi connectivity index (χ0) is 8.44. The van der Waals surface area contributed by atoms with Gasteiger partial charge in [-0.15, -0.1) is 0 Å². The van der Waals surface area contributed by atoms with Crippen LogP contribution in [0.15, 0.2) is 30.3 Å². The lowest BCUT2D eigenvalue weighted by atomic mass is 9.79. The van der Waals surface area contributed by atoms with Gasteiger partial charge >= 0.3 is 0 Å². The Balaban J connectivity index is 2.28. The first-order chi connectivity index (χ1) is 5.87. The van der Waals surface area contributed by atoms with E-state index < -0.39 is 0 Å². The molecule has 1 unspecified atom stereocenters. The average molecular weight is 161 g/mol. The zero-order valence-corrected chi connectivity index (χ0v) is 7.51. The van der Waals surface area contributed by atoms with Gasteiger partial charge in [0.25, 0.3) is 0 Å². The van der Waals surface area contributed by atoms with Crippen LogP contribution < -0.4 is 5.32 Å². The third kappa shape index (κ3) is 1.05. The first-order valence-corrected chi connectivity index (χ1v) is 4.68. The van der Waals surface area contributed by atoms with E-state index in [1.54, 1.807) is 0 Å². The Labute approximate surface area is 73.8 Å². The van der Waals surface area contributed by atoms with Crippen LogP contribution in [-0.4, -0.2) is 6.54 Å². The van der Waals surface area contributed by atoms with Crippen molar-refractivity contribution in [2.45, 2.75) is 25.3 Å². The smallest absolute Gasteiger partial charge is 0.0444 e. The van der Waals surface area contributed by atoms with Crippen molar-refractivity contribution in [3.8, 4) is 0 Å². The monoisotopic (exact) mass is 161 g/mol. The minimum Gasteiger partial charge on any atom is -0.307 e. The highest BCUT2D eigenvalue weighted by atomic mass is 15.0. The highest BCUT2D eigenvalue weighted by Gasteiger charge is 2.35. The van der Waals surface area contributed by atoms with Crippen molar-refractivity contribution in [1.82, 2.24) is 5.32 Å². The molecule has 1 nitrogen and oxygen atoms in total. The van der Waals surface area contributed by atoms with Crippen molar-refractivity contribution >= 4 is 0 Å². The first-order valence-electron chi connectivity index (χ1n) is 4.68. The van der Waals surface area contributed by atoms with Crippen LogP contribution in [0.4, 0.5) is 0 Å². The summed E-state index contributed by atoms with van der Waals surface area (Å²) in [6.45, 7) is 3.42. The van der Waals surface area contributed by atoms with E-state index in [9.17, 15) is 0 Å². The second-order valence-corrected chi connectivity index (χ2v) is 3.48. The molecule has 1 aromatic rings. The fourth-order valence-electron chi connectivity index (χ4n) is 1.94. The molecule has 0 radical (unpaired) electrons. The summed E-state index contributed by atoms with van der Waals surface area (Å²) in [6, 6.07) is 10.7. The maximum Gasteiger partial charge on any atom is 0.0444 e. The molecule has 64 valence electrons. The molecule has 0 saturated carbocycles. The quantitative estimate of drug-likeness (QED) is 0.701. The molecule has 12 heavy (non-hydrogen) atoms. The van der Waals surface area contributed by atoms with Crippen molar-refractivity contribution < 1.29 is 0 Å². The normalized spacial score (nSPS) is 28.1. The molecular formula is C11H15N. The minimum atomic E-state index is 0.307. The van der Waals surface area contributed by atoms with E-state index in [0.29, 0.717) is 5.54 Å². The molecule has 0 bridgehead atoms. The molecule has 2 rings (SSSR count). The lowest BCUT2D eigenvalue weighted by molar-refractivity contribution is 0.201. The van der Waals surface area contributed by atoms with E-state index in [-0.39, 0.29) is 0 Å². The molecule has 0 aromatic heterocycles. The highest BCUT2D eigenvalue weighted by Crippen LogP contribution is 2.33. The maximum atomic E-state index is 3.52. The molecule has 1 aliphatic heterocycles. The summed E-state index contributed by atoms with van der Waals surface area (Å²) in [5.74, 6) is 0. The molecule has 1 aromatic carbocycles. The zero-order valence-electron chi connectivity index (χ0n) is 7.51. The fraction of sp³-hybridized carbons (Fsp3) is 0.455. The third-order valence-electron chi connectivity index (χ3n) is 2.95. The molecule has 1 aliphatic rings. The van der Waals surface area contributed by atoms with Crippen LogP contribution in [0, 0.1) is 0 Å². The predicted molar refractivity (Wildman–Crippen MR) is 51.0 cm³/mol. The summed E-state index contributed by atoms with van der Waals surface area (Å²) in [4.78, 5) is 0. The van der Waals surface area contributed by atoms with Crippen molar-refractivity contribution in [1.29, 1.82) is 0 Å². The van der Waals surface area contributed by atoms with Crippen LogP contribution in [-0.2, 0) is 5.54 Å². The van der Waals surface area contributed by atoms with Gasteiger partial charge < -0.3 is 5.32 Å². The average Bonchev–Trinajstić information content (AvgIpc) is 2.05. The Bertz CT molecular complexity index is 243. The highest BCUT2D eigenvalue weighted by molar-refractivity contribution is 5.26. The first kappa shape index (κ1) is 7.81. The Morgan fingerprint density at radius 3 is 2.42 bits per heavy atom. The van der Waals surface area contributed by atoms with Crippen molar-refractivity contribution in [3.05, 3.63) is 35.9 Å². The Hall–Kier alpha value is -0.820. The standard InChI is InChI=1S/C11H15N/c1-2-11(8-9-12-11)10-6-4-3-5-7-10/h3-7,12H,2,8-9H2,1H3. The molecular weight excluding hydrogens is 146 g/mol. The summed E-state index contributed by atoms with van der Waals surface area (Å²) in [5, 5.41) is 3.52. The molecule has 0 amide bonds. The van der Waals surface area contributed by atoms with Crippen LogP contribution in [0.1, 0.15) is 25.3 Å². The minimum absolute atomic E-state index is 0.307. The maximum absolute atomic E-state index is 3.52. The molecule has 1 heterocycles. The molecule has 0 spiro atoms. The van der Waals surface area contributed by atoms with Gasteiger partial charge in [-0.1, -0.05) is 37.3 Å². The second kappa shape index (κ2) is 2.91. The number of rotatable bonds is 2. The van der Waals surface area contributed by atoms with Crippen LogP contribution in [0.5, 0.6) is 0 Å². The molecule has 1 heteroatoms. The Morgan fingerprint density at radius 1 is 1.33 bits per heavy atom. The summed E-state index contributed by atoms with van der Waals surface area (Å²) in [6.07, 6.45) is 2.48. The number of hydrogen-bond donors (Lipinski definition) is 1. The lowest BCUT2D eigenvalue weighted by Crippen LogP contribution is -2.53. The Kier molecular flexibility index (Phi) is 1.89. The van der Waals surface area contributed by atoms with Crippen LogP contribution in [0.3, 0.4) is 0 Å². The molecule has 1 fully saturated rings. The van der Waals surface area contributed by atoms with Gasteiger partial charge in [0.2, 0.25) is 0 Å². The summed E-state index contributed by atoms with van der Waals surface area (Å²) < 4.78 is 0. The van der Waals surface area contributed by atoms with Gasteiger partial charge in [0, 0.05) is 5.54 Å². The van der Waals surface area contributed by atoms with Crippen molar-refractivity contribution in [2.75, 3.05) is 6.54 Å². The largest absolute Gasteiger partial charge is 0.307 e. The molecule has 1 atom stereocenters. The van der Waals surface area contributed by atoms with Crippen molar-refractivity contribution in [2.24, 2.45) is 0 Å². The van der Waals surface area contributed by atoms with E-state index in [0.717, 1.165) is 0 Å². The van der Waals surface area contributed by atoms with Gasteiger partial charge in [-0.05, 0) is 24.9 Å². The number of nitrogens with one attached hydrogen (secondary N) is 1. The van der Waals surface area contributed by atoms with Gasteiger partial charge in [-0.25, -0.2) is 0 Å². The summed E-state index contributed by atoms with van der Waals surface area (Å²) in [5.41, 5.74) is 1.75. The van der Waals surface area contributed by atoms with Crippen molar-refractivity contribution in [3.63, 3.8) is 0 Å². The summed E-state index contributed by atoms with van der Waals surface area (Å²) >= 11 is 0. The number of hydrogen-bond acceptors (Lipinski definition) is 1. The van der Waals surface area contributed by atoms with Gasteiger partial charge in [0.1, 0.15) is 0 Å². The second-order valence-electron chi connectivity index (χ2n) is 3.48. The van der Waals surface area contributed by atoms with E-state index in [1.807, 2.05) is 0 Å². The Morgan fingerprint density at radius 2 is 2.00 bits per heavy atom. The SMILES string of the molecule is CCC1(c2ccccc2)CCN1. The lowest BCUT2D eigenvalue weighted by Gasteiger charge is -2.43. The van der Waals surface area contributed by atoms with E-state index in [4.69, 9.17) is 0 Å². The topological polar surface area (TPSA) is 12.0 Å². The van der Waals surface area contributed by atoms with E-state index in [2.05, 4.69) is 42.6 Å². The van der Waals surface area contributed by atoms with Gasteiger partial charge in [-0.3, -0.25) is 0 Å². The molecule has 1 N–H and O–H groups in total. The van der Waals surface area contributed by atoms with E-state index in [1.165, 1.54) is 24.9 Å². The van der Waals surface area contributed by atoms with Crippen LogP contribution in [0.25, 0.3) is 0 Å². The number of benzene rings is 1. The fourth-order valence-corrected chi connectivity index (χ4v) is 1.94. The molecule has 0 aliphatic carbocycles. The van der Waals surface area contributed by atoms with Gasteiger partial charge in [0.05, 0.1) is 0 Å². The van der Waals surface area contributed by atoms with E-state index >= 15 is 0 Å². The van der Waals surface area contributed by atoms with Gasteiger partial charge in [0.15, 0.2) is 0 Å². The van der Waals surface area contributed by atoms with Crippen LogP contribution >= 0.6 is 0 Å². The van der Waals surface area contributed by atoms with Gasteiger partial charge in [-0.2, -0.15) is 0 Å². The third-order valence-corrected chi connectivity index (χ3v) is 2.95.